The molecule has 2 aliphatic rings. The predicted octanol–water partition coefficient (Wildman–Crippen LogP) is 2.54. The van der Waals surface area contributed by atoms with E-state index in [1.54, 1.807) is 6.92 Å². The number of aliphatic hydroxyl groups is 3. The van der Waals surface area contributed by atoms with E-state index in [-0.39, 0.29) is 23.7 Å². The lowest BCUT2D eigenvalue weighted by Gasteiger charge is -2.12. The van der Waals surface area contributed by atoms with Crippen LogP contribution in [-0.4, -0.2) is 39.9 Å². The fraction of sp³-hybridized carbons (Fsp3) is 0.650. The van der Waals surface area contributed by atoms with Crippen LogP contribution < -0.4 is 0 Å². The van der Waals surface area contributed by atoms with Gasteiger partial charge in [0.25, 0.3) is 0 Å². The number of hydrogen-bond acceptors (Lipinski definition) is 4. The monoisotopic (exact) mass is 334 g/mol. The van der Waals surface area contributed by atoms with Crippen molar-refractivity contribution in [3.8, 4) is 0 Å². The van der Waals surface area contributed by atoms with Gasteiger partial charge in [-0.2, -0.15) is 0 Å². The molecule has 1 fully saturated rings. The van der Waals surface area contributed by atoms with Gasteiger partial charge in [0, 0.05) is 12.0 Å². The maximum absolute atomic E-state index is 12.4. The molecular weight excluding hydrogens is 304 g/mol. The maximum Gasteiger partial charge on any atom is 0.190 e. The van der Waals surface area contributed by atoms with Crippen molar-refractivity contribution < 1.29 is 20.1 Å². The van der Waals surface area contributed by atoms with Gasteiger partial charge in [-0.25, -0.2) is 0 Å². The van der Waals surface area contributed by atoms with Crippen molar-refractivity contribution in [2.45, 2.75) is 59.2 Å². The Balaban J connectivity index is 2.32. The highest BCUT2D eigenvalue weighted by atomic mass is 16.3. The fourth-order valence-electron chi connectivity index (χ4n) is 3.92. The second-order valence-corrected chi connectivity index (χ2v) is 7.79. The number of aliphatic hydroxyl groups excluding tert-OH is 3. The third-order valence-corrected chi connectivity index (χ3v) is 5.66. The van der Waals surface area contributed by atoms with Crippen molar-refractivity contribution in [2.75, 3.05) is 6.61 Å². The summed E-state index contributed by atoms with van der Waals surface area (Å²) < 4.78 is 0. The first-order valence-corrected chi connectivity index (χ1v) is 8.73. The Hall–Kier alpha value is -1.23. The molecule has 4 nitrogen and oxygen atoms in total. The van der Waals surface area contributed by atoms with E-state index < -0.39 is 12.2 Å². The van der Waals surface area contributed by atoms with Gasteiger partial charge in [-0.3, -0.25) is 4.79 Å². The highest BCUT2D eigenvalue weighted by Gasteiger charge is 2.58. The van der Waals surface area contributed by atoms with E-state index in [0.29, 0.717) is 17.9 Å². The molecule has 1 saturated carbocycles. The Bertz CT molecular complexity index is 586. The number of carbonyl (C=O) groups is 1. The molecule has 134 valence electrons. The zero-order valence-electron chi connectivity index (χ0n) is 15.1. The average molecular weight is 334 g/mol. The topological polar surface area (TPSA) is 77.8 Å². The van der Waals surface area contributed by atoms with Gasteiger partial charge >= 0.3 is 0 Å². The summed E-state index contributed by atoms with van der Waals surface area (Å²) >= 11 is 0. The van der Waals surface area contributed by atoms with Gasteiger partial charge in [0.1, 0.15) is 6.10 Å². The molecule has 0 heterocycles. The molecular formula is C20H30O4. The van der Waals surface area contributed by atoms with Crippen molar-refractivity contribution in [1.82, 2.24) is 0 Å². The molecule has 4 heteroatoms. The summed E-state index contributed by atoms with van der Waals surface area (Å²) in [5.41, 5.74) is 2.28. The average Bonchev–Trinajstić information content (AvgIpc) is 3.06. The van der Waals surface area contributed by atoms with E-state index in [4.69, 9.17) is 0 Å². The molecule has 2 rings (SSSR count). The summed E-state index contributed by atoms with van der Waals surface area (Å²) in [6.07, 6.45) is 5.72. The molecule has 0 aliphatic heterocycles. The van der Waals surface area contributed by atoms with Crippen LogP contribution in [0.4, 0.5) is 0 Å². The SMILES string of the molecule is CC1=C[C@H](O)C/C(C)=C/[C@H](O)C(=O)/C(C)=C/[C@H]2[C@@H](CC1)[C@]2(C)CO. The summed E-state index contributed by atoms with van der Waals surface area (Å²) in [6.45, 7) is 7.69. The summed E-state index contributed by atoms with van der Waals surface area (Å²) in [7, 11) is 0. The molecule has 0 unspecified atom stereocenters. The molecule has 0 bridgehead atoms. The lowest BCUT2D eigenvalue weighted by molar-refractivity contribution is -0.121. The first-order valence-electron chi connectivity index (χ1n) is 8.73. The Labute approximate surface area is 144 Å². The normalized spacial score (nSPS) is 42.8. The minimum Gasteiger partial charge on any atom is -0.396 e. The first-order chi connectivity index (χ1) is 11.2. The zero-order chi connectivity index (χ0) is 18.1. The van der Waals surface area contributed by atoms with Crippen LogP contribution in [0.2, 0.25) is 0 Å². The number of ketones is 1. The lowest BCUT2D eigenvalue weighted by atomic mass is 9.99. The quantitative estimate of drug-likeness (QED) is 0.644. The Morgan fingerprint density at radius 1 is 1.12 bits per heavy atom. The van der Waals surface area contributed by atoms with E-state index in [1.807, 2.05) is 32.9 Å². The maximum atomic E-state index is 12.4. The van der Waals surface area contributed by atoms with Gasteiger partial charge in [-0.05, 0) is 63.5 Å². The van der Waals surface area contributed by atoms with Gasteiger partial charge < -0.3 is 15.3 Å². The van der Waals surface area contributed by atoms with Crippen LogP contribution in [0.5, 0.6) is 0 Å². The van der Waals surface area contributed by atoms with Crippen molar-refractivity contribution in [3.63, 3.8) is 0 Å². The van der Waals surface area contributed by atoms with Gasteiger partial charge in [-0.15, -0.1) is 0 Å². The van der Waals surface area contributed by atoms with E-state index >= 15 is 0 Å². The third kappa shape index (κ3) is 4.05. The van der Waals surface area contributed by atoms with Crippen molar-refractivity contribution in [1.29, 1.82) is 0 Å². The summed E-state index contributed by atoms with van der Waals surface area (Å²) in [6, 6.07) is 0. The number of fused-ring (bicyclic) bond motifs is 1. The second kappa shape index (κ2) is 7.34. The lowest BCUT2D eigenvalue weighted by Crippen LogP contribution is -2.20. The largest absolute Gasteiger partial charge is 0.396 e. The minimum atomic E-state index is -1.18. The fourth-order valence-corrected chi connectivity index (χ4v) is 3.92. The van der Waals surface area contributed by atoms with E-state index in [0.717, 1.165) is 24.0 Å². The smallest absolute Gasteiger partial charge is 0.190 e. The van der Waals surface area contributed by atoms with E-state index in [1.165, 1.54) is 6.08 Å². The number of allylic oxidation sites excluding steroid dienone is 2. The summed E-state index contributed by atoms with van der Waals surface area (Å²) in [5, 5.41) is 30.0. The van der Waals surface area contributed by atoms with Crippen LogP contribution in [0.3, 0.4) is 0 Å². The molecule has 0 aromatic rings. The number of Topliss-reactive ketones (excluding diaryl/α,β-unsaturated/α-hetero) is 1. The van der Waals surface area contributed by atoms with Gasteiger partial charge in [0.2, 0.25) is 0 Å². The molecule has 0 saturated heterocycles. The zero-order valence-corrected chi connectivity index (χ0v) is 15.1. The molecule has 0 aromatic heterocycles. The second-order valence-electron chi connectivity index (χ2n) is 7.79. The van der Waals surface area contributed by atoms with E-state index in [2.05, 4.69) is 0 Å². The highest BCUT2D eigenvalue weighted by Crippen LogP contribution is 2.61. The van der Waals surface area contributed by atoms with Crippen molar-refractivity contribution in [3.05, 3.63) is 34.9 Å². The standard InChI is InChI=1S/C20H30O4/c1-12-5-6-16-17(20(16,4)11-21)10-14(3)19(24)18(23)9-13(2)8-15(22)7-12/h7,9-10,15-18,21-23H,5-6,8,11H2,1-4H3/b12-7?,13-9+,14-10+/t15-,16+,17-,18-,20-/m0/s1. The minimum absolute atomic E-state index is 0.0905. The molecule has 3 N–H and O–H groups in total. The van der Waals surface area contributed by atoms with Crippen LogP contribution in [0.15, 0.2) is 34.9 Å². The first kappa shape index (κ1) is 19.1. The Kier molecular flexibility index (Phi) is 5.84. The van der Waals surface area contributed by atoms with Crippen LogP contribution in [0.1, 0.15) is 47.0 Å². The Morgan fingerprint density at radius 2 is 1.79 bits per heavy atom. The van der Waals surface area contributed by atoms with Crippen LogP contribution in [0, 0.1) is 17.3 Å². The van der Waals surface area contributed by atoms with Crippen LogP contribution in [0.25, 0.3) is 0 Å². The summed E-state index contributed by atoms with van der Waals surface area (Å²) in [5.74, 6) is 0.172. The third-order valence-electron chi connectivity index (χ3n) is 5.66. The Morgan fingerprint density at radius 3 is 2.42 bits per heavy atom. The van der Waals surface area contributed by atoms with Crippen LogP contribution in [-0.2, 0) is 4.79 Å². The highest BCUT2D eigenvalue weighted by molar-refractivity contribution is 5.99. The number of carbonyl (C=O) groups excluding carboxylic acids is 1. The predicted molar refractivity (Wildman–Crippen MR) is 94.3 cm³/mol. The number of hydrogen-bond donors (Lipinski definition) is 3. The summed E-state index contributed by atoms with van der Waals surface area (Å²) in [4.78, 5) is 12.4. The van der Waals surface area contributed by atoms with Crippen molar-refractivity contribution >= 4 is 5.78 Å². The molecule has 5 atom stereocenters. The molecule has 0 amide bonds. The van der Waals surface area contributed by atoms with Crippen LogP contribution >= 0.6 is 0 Å². The number of rotatable bonds is 1. The van der Waals surface area contributed by atoms with E-state index in [9.17, 15) is 20.1 Å². The van der Waals surface area contributed by atoms with Gasteiger partial charge in [0.15, 0.2) is 5.78 Å². The molecule has 24 heavy (non-hydrogen) atoms. The van der Waals surface area contributed by atoms with Crippen molar-refractivity contribution in [2.24, 2.45) is 17.3 Å². The molecule has 0 radical (unpaired) electrons. The van der Waals surface area contributed by atoms with Gasteiger partial charge in [-0.1, -0.05) is 30.2 Å². The molecule has 2 aliphatic carbocycles. The molecule has 0 aromatic carbocycles. The van der Waals surface area contributed by atoms with Gasteiger partial charge in [0.05, 0.1) is 6.10 Å². The molecule has 0 spiro atoms.